The Kier molecular flexibility index (Phi) is 5.12. The van der Waals surface area contributed by atoms with Crippen molar-refractivity contribution in [1.29, 1.82) is 0 Å². The molecule has 0 bridgehead atoms. The van der Waals surface area contributed by atoms with Crippen LogP contribution in [0.5, 0.6) is 17.2 Å². The SMILES string of the molecule is COc1cnc2c(Oc3ccc(Nc4nnc(-c5ncco5)c5ccccc45)cc3)ccnc2c1. The van der Waals surface area contributed by atoms with Gasteiger partial charge in [-0.3, -0.25) is 4.98 Å². The molecule has 0 unspecified atom stereocenters. The summed E-state index contributed by atoms with van der Waals surface area (Å²) < 4.78 is 16.7. The summed E-state index contributed by atoms with van der Waals surface area (Å²) in [5.41, 5.74) is 2.78. The average Bonchev–Trinajstić information content (AvgIpc) is 3.45. The number of anilines is 2. The Balaban J connectivity index is 1.26. The van der Waals surface area contributed by atoms with E-state index < -0.39 is 0 Å². The van der Waals surface area contributed by atoms with Gasteiger partial charge in [0.1, 0.15) is 23.3 Å². The van der Waals surface area contributed by atoms with E-state index in [9.17, 15) is 0 Å². The van der Waals surface area contributed by atoms with E-state index in [4.69, 9.17) is 13.9 Å². The molecular weight excluding hydrogens is 444 g/mol. The summed E-state index contributed by atoms with van der Waals surface area (Å²) in [7, 11) is 1.60. The van der Waals surface area contributed by atoms with Crippen LogP contribution in [0.4, 0.5) is 11.5 Å². The number of methoxy groups -OCH3 is 1. The fourth-order valence-corrected chi connectivity index (χ4v) is 3.75. The quantitative estimate of drug-likeness (QED) is 0.330. The lowest BCUT2D eigenvalue weighted by atomic mass is 10.1. The van der Waals surface area contributed by atoms with Crippen molar-refractivity contribution >= 4 is 33.3 Å². The van der Waals surface area contributed by atoms with Gasteiger partial charge in [-0.05, 0) is 24.3 Å². The number of hydrogen-bond donors (Lipinski definition) is 1. The van der Waals surface area contributed by atoms with Gasteiger partial charge in [-0.25, -0.2) is 9.97 Å². The molecule has 0 saturated carbocycles. The molecule has 6 aromatic rings. The van der Waals surface area contributed by atoms with Crippen molar-refractivity contribution in [2.45, 2.75) is 0 Å². The average molecular weight is 462 g/mol. The van der Waals surface area contributed by atoms with Crippen LogP contribution in [0.25, 0.3) is 33.4 Å². The molecular formula is C26H18N6O3. The first-order valence-electron chi connectivity index (χ1n) is 10.8. The number of nitrogens with zero attached hydrogens (tertiary/aromatic N) is 5. The lowest BCUT2D eigenvalue weighted by Crippen LogP contribution is -1.99. The monoisotopic (exact) mass is 462 g/mol. The van der Waals surface area contributed by atoms with Crippen LogP contribution in [0.2, 0.25) is 0 Å². The smallest absolute Gasteiger partial charge is 0.247 e. The van der Waals surface area contributed by atoms with E-state index in [0.29, 0.717) is 45.7 Å². The Morgan fingerprint density at radius 2 is 1.69 bits per heavy atom. The van der Waals surface area contributed by atoms with Gasteiger partial charge < -0.3 is 19.2 Å². The van der Waals surface area contributed by atoms with Crippen LogP contribution in [0.3, 0.4) is 0 Å². The maximum Gasteiger partial charge on any atom is 0.247 e. The first-order chi connectivity index (χ1) is 17.3. The summed E-state index contributed by atoms with van der Waals surface area (Å²) in [5, 5.41) is 13.9. The molecule has 0 aliphatic rings. The molecule has 0 spiro atoms. The molecule has 0 amide bonds. The van der Waals surface area contributed by atoms with E-state index in [1.165, 1.54) is 6.26 Å². The Morgan fingerprint density at radius 3 is 2.49 bits per heavy atom. The van der Waals surface area contributed by atoms with Gasteiger partial charge in [0.05, 0.1) is 25.0 Å². The molecule has 9 heteroatoms. The van der Waals surface area contributed by atoms with Crippen LogP contribution in [0.1, 0.15) is 0 Å². The van der Waals surface area contributed by atoms with Crippen molar-refractivity contribution in [1.82, 2.24) is 25.1 Å². The Morgan fingerprint density at radius 1 is 0.829 bits per heavy atom. The predicted molar refractivity (Wildman–Crippen MR) is 131 cm³/mol. The van der Waals surface area contributed by atoms with Gasteiger partial charge >= 0.3 is 0 Å². The molecule has 4 aromatic heterocycles. The molecule has 170 valence electrons. The van der Waals surface area contributed by atoms with Gasteiger partial charge in [-0.15, -0.1) is 10.2 Å². The van der Waals surface area contributed by atoms with E-state index in [-0.39, 0.29) is 0 Å². The largest absolute Gasteiger partial charge is 0.495 e. The van der Waals surface area contributed by atoms with Crippen LogP contribution in [-0.2, 0) is 0 Å². The standard InChI is InChI=1S/C26H18N6O3/c1-33-18-14-21-24(29-15-18)22(10-11-27-21)35-17-8-6-16(7-9-17)30-25-20-5-3-2-4-19(20)23(31-32-25)26-28-12-13-34-26/h2-15H,1H3,(H,30,32). The van der Waals surface area contributed by atoms with E-state index in [0.717, 1.165) is 16.5 Å². The van der Waals surface area contributed by atoms with Crippen molar-refractivity contribution < 1.29 is 13.9 Å². The zero-order valence-corrected chi connectivity index (χ0v) is 18.5. The number of fused-ring (bicyclic) bond motifs is 2. The highest BCUT2D eigenvalue weighted by atomic mass is 16.5. The molecule has 35 heavy (non-hydrogen) atoms. The number of hydrogen-bond acceptors (Lipinski definition) is 9. The number of oxazole rings is 1. The minimum absolute atomic E-state index is 0.429. The van der Waals surface area contributed by atoms with E-state index in [2.05, 4.69) is 30.5 Å². The van der Waals surface area contributed by atoms with Crippen molar-refractivity contribution in [2.24, 2.45) is 0 Å². The van der Waals surface area contributed by atoms with Gasteiger partial charge in [-0.1, -0.05) is 24.3 Å². The topological polar surface area (TPSA) is 108 Å². The number of aromatic nitrogens is 5. The molecule has 0 fully saturated rings. The third kappa shape index (κ3) is 3.95. The third-order valence-corrected chi connectivity index (χ3v) is 5.42. The molecule has 0 saturated heterocycles. The van der Waals surface area contributed by atoms with Crippen LogP contribution >= 0.6 is 0 Å². The molecule has 9 nitrogen and oxygen atoms in total. The number of rotatable bonds is 6. The predicted octanol–water partition coefficient (Wildman–Crippen LogP) is 5.77. The number of benzene rings is 2. The summed E-state index contributed by atoms with van der Waals surface area (Å²) in [6.07, 6.45) is 6.43. The minimum atomic E-state index is 0.429. The van der Waals surface area contributed by atoms with E-state index >= 15 is 0 Å². The second kappa shape index (κ2) is 8.71. The lowest BCUT2D eigenvalue weighted by Gasteiger charge is -2.11. The van der Waals surface area contributed by atoms with Crippen molar-refractivity contribution in [3.8, 4) is 28.8 Å². The maximum absolute atomic E-state index is 6.08. The molecule has 4 heterocycles. The van der Waals surface area contributed by atoms with Crippen LogP contribution in [-0.4, -0.2) is 32.3 Å². The molecule has 0 aliphatic carbocycles. The van der Waals surface area contributed by atoms with Gasteiger partial charge in [0.25, 0.3) is 0 Å². The lowest BCUT2D eigenvalue weighted by molar-refractivity contribution is 0.413. The van der Waals surface area contributed by atoms with Crippen LogP contribution < -0.4 is 14.8 Å². The molecule has 2 aromatic carbocycles. The second-order valence-corrected chi connectivity index (χ2v) is 7.58. The molecule has 0 aliphatic heterocycles. The molecule has 6 rings (SSSR count). The van der Waals surface area contributed by atoms with Crippen LogP contribution in [0, 0.1) is 0 Å². The number of nitrogens with one attached hydrogen (secondary N) is 1. The van der Waals surface area contributed by atoms with E-state index in [1.807, 2.05) is 54.6 Å². The van der Waals surface area contributed by atoms with Crippen molar-refractivity contribution in [3.05, 3.63) is 85.5 Å². The van der Waals surface area contributed by atoms with Gasteiger partial charge in [0.15, 0.2) is 17.3 Å². The summed E-state index contributed by atoms with van der Waals surface area (Å²) in [4.78, 5) is 13.0. The van der Waals surface area contributed by atoms with E-state index in [1.54, 1.807) is 31.8 Å². The maximum atomic E-state index is 6.08. The summed E-state index contributed by atoms with van der Waals surface area (Å²) in [5.74, 6) is 2.97. The van der Waals surface area contributed by atoms with Gasteiger partial charge in [-0.2, -0.15) is 0 Å². The summed E-state index contributed by atoms with van der Waals surface area (Å²) in [6.45, 7) is 0. The fraction of sp³-hybridized carbons (Fsp3) is 0.0385. The second-order valence-electron chi connectivity index (χ2n) is 7.58. The Bertz CT molecular complexity index is 1640. The zero-order valence-electron chi connectivity index (χ0n) is 18.5. The van der Waals surface area contributed by atoms with Gasteiger partial charge in [0.2, 0.25) is 5.89 Å². The minimum Gasteiger partial charge on any atom is -0.495 e. The fourth-order valence-electron chi connectivity index (χ4n) is 3.75. The highest BCUT2D eigenvalue weighted by Gasteiger charge is 2.14. The molecule has 0 radical (unpaired) electrons. The van der Waals surface area contributed by atoms with Crippen LogP contribution in [0.15, 0.2) is 89.9 Å². The zero-order chi connectivity index (χ0) is 23.6. The highest BCUT2D eigenvalue weighted by Crippen LogP contribution is 2.32. The number of ether oxygens (including phenoxy) is 2. The van der Waals surface area contributed by atoms with Crippen molar-refractivity contribution in [3.63, 3.8) is 0 Å². The summed E-state index contributed by atoms with van der Waals surface area (Å²) in [6, 6.07) is 19.0. The van der Waals surface area contributed by atoms with Crippen molar-refractivity contribution in [2.75, 3.05) is 12.4 Å². The Labute approximate surface area is 199 Å². The first-order valence-corrected chi connectivity index (χ1v) is 10.8. The molecule has 1 N–H and O–H groups in total. The first kappa shape index (κ1) is 20.5. The number of pyridine rings is 2. The Hall–Kier alpha value is -5.05. The van der Waals surface area contributed by atoms with Gasteiger partial charge in [0, 0.05) is 34.8 Å². The third-order valence-electron chi connectivity index (χ3n) is 5.42. The summed E-state index contributed by atoms with van der Waals surface area (Å²) >= 11 is 0. The highest BCUT2D eigenvalue weighted by molar-refractivity contribution is 5.99. The molecule has 0 atom stereocenters. The normalized spacial score (nSPS) is 11.0.